The van der Waals surface area contributed by atoms with Crippen LogP contribution in [0.4, 0.5) is 0 Å². The number of hydrogen-bond donors (Lipinski definition) is 1. The summed E-state index contributed by atoms with van der Waals surface area (Å²) in [7, 11) is 0. The summed E-state index contributed by atoms with van der Waals surface area (Å²) in [6.45, 7) is 2.51. The highest BCUT2D eigenvalue weighted by Gasteiger charge is 2.30. The van der Waals surface area contributed by atoms with E-state index in [4.69, 9.17) is 9.15 Å². The van der Waals surface area contributed by atoms with Gasteiger partial charge in [0.25, 0.3) is 0 Å². The third-order valence-electron chi connectivity index (χ3n) is 2.87. The Morgan fingerprint density at radius 2 is 2.35 bits per heavy atom. The zero-order chi connectivity index (χ0) is 12.3. The van der Waals surface area contributed by atoms with Crippen molar-refractivity contribution in [1.82, 2.24) is 5.32 Å². The minimum atomic E-state index is -0.431. The van der Waals surface area contributed by atoms with Crippen LogP contribution in [-0.4, -0.2) is 30.9 Å². The largest absolute Gasteiger partial charge is 0.461 e. The third-order valence-corrected chi connectivity index (χ3v) is 2.87. The van der Waals surface area contributed by atoms with Gasteiger partial charge in [-0.05, 0) is 24.5 Å². The molecular formula is C12H15NO4. The molecule has 0 radical (unpaired) electrons. The predicted octanol–water partition coefficient (Wildman–Crippen LogP) is 1.00. The number of nitrogens with one attached hydrogen (secondary N) is 1. The van der Waals surface area contributed by atoms with Crippen molar-refractivity contribution in [2.24, 2.45) is 5.92 Å². The number of carbonyl (C=O) groups excluding carboxylic acids is 2. The lowest BCUT2D eigenvalue weighted by Gasteiger charge is -2.13. The first-order valence-electron chi connectivity index (χ1n) is 5.64. The predicted molar refractivity (Wildman–Crippen MR) is 59.6 cm³/mol. The van der Waals surface area contributed by atoms with Crippen LogP contribution in [0.15, 0.2) is 22.8 Å². The van der Waals surface area contributed by atoms with Crippen LogP contribution in [0.25, 0.3) is 0 Å². The van der Waals surface area contributed by atoms with E-state index < -0.39 is 6.10 Å². The van der Waals surface area contributed by atoms with E-state index in [1.54, 1.807) is 12.1 Å². The minimum absolute atomic E-state index is 0.0566. The zero-order valence-electron chi connectivity index (χ0n) is 9.64. The summed E-state index contributed by atoms with van der Waals surface area (Å²) in [6.07, 6.45) is 1.88. The number of ketones is 1. The molecule has 1 saturated heterocycles. The maximum atomic E-state index is 11.7. The van der Waals surface area contributed by atoms with E-state index in [0.717, 1.165) is 6.42 Å². The van der Waals surface area contributed by atoms with E-state index in [-0.39, 0.29) is 29.9 Å². The lowest BCUT2D eigenvalue weighted by atomic mass is 10.0. The average molecular weight is 237 g/mol. The van der Waals surface area contributed by atoms with E-state index in [1.807, 2.05) is 6.92 Å². The Morgan fingerprint density at radius 1 is 1.53 bits per heavy atom. The summed E-state index contributed by atoms with van der Waals surface area (Å²) >= 11 is 0. The van der Waals surface area contributed by atoms with Gasteiger partial charge in [0.1, 0.15) is 6.10 Å². The Balaban J connectivity index is 1.82. The van der Waals surface area contributed by atoms with Gasteiger partial charge in [-0.3, -0.25) is 9.59 Å². The van der Waals surface area contributed by atoms with Gasteiger partial charge >= 0.3 is 0 Å². The number of carbonyl (C=O) groups is 2. The second kappa shape index (κ2) is 5.14. The number of amides is 1. The van der Waals surface area contributed by atoms with Crippen LogP contribution >= 0.6 is 0 Å². The van der Waals surface area contributed by atoms with Crippen molar-refractivity contribution in [3.05, 3.63) is 24.2 Å². The highest BCUT2D eigenvalue weighted by molar-refractivity contribution is 5.97. The molecule has 1 N–H and O–H groups in total. The molecule has 1 aromatic heterocycles. The highest BCUT2D eigenvalue weighted by Crippen LogP contribution is 2.19. The Labute approximate surface area is 99.1 Å². The van der Waals surface area contributed by atoms with Gasteiger partial charge in [-0.2, -0.15) is 0 Å². The number of Topliss-reactive ketones (excluding diaryl/α,β-unsaturated/α-hetero) is 1. The molecule has 1 amide bonds. The van der Waals surface area contributed by atoms with Crippen LogP contribution in [0.1, 0.15) is 23.9 Å². The lowest BCUT2D eigenvalue weighted by molar-refractivity contribution is -0.131. The summed E-state index contributed by atoms with van der Waals surface area (Å²) in [5.41, 5.74) is 0. The van der Waals surface area contributed by atoms with E-state index in [0.29, 0.717) is 6.61 Å². The quantitative estimate of drug-likeness (QED) is 0.793. The maximum absolute atomic E-state index is 11.7. The normalized spacial score (nSPS) is 23.6. The van der Waals surface area contributed by atoms with Crippen LogP contribution in [0.5, 0.6) is 0 Å². The van der Waals surface area contributed by atoms with Crippen LogP contribution in [0.2, 0.25) is 0 Å². The summed E-state index contributed by atoms with van der Waals surface area (Å²) in [5, 5.41) is 2.57. The first-order chi connectivity index (χ1) is 8.18. The SMILES string of the molecule is C[C@H]1CCO[C@H]1C(=O)NCC(=O)c1ccco1. The fourth-order valence-electron chi connectivity index (χ4n) is 1.82. The molecular weight excluding hydrogens is 222 g/mol. The molecule has 2 heterocycles. The monoisotopic (exact) mass is 237 g/mol. The van der Waals surface area contributed by atoms with Crippen LogP contribution in [0.3, 0.4) is 0 Å². The first kappa shape index (κ1) is 11.9. The fraction of sp³-hybridized carbons (Fsp3) is 0.500. The van der Waals surface area contributed by atoms with E-state index in [9.17, 15) is 9.59 Å². The average Bonchev–Trinajstić information content (AvgIpc) is 2.95. The first-order valence-corrected chi connectivity index (χ1v) is 5.64. The third kappa shape index (κ3) is 2.74. The standard InChI is InChI=1S/C12H15NO4/c1-8-4-6-17-11(8)12(15)13-7-9(14)10-3-2-5-16-10/h2-3,5,8,11H,4,6-7H2,1H3,(H,13,15)/t8-,11+/m0/s1. The lowest BCUT2D eigenvalue weighted by Crippen LogP contribution is -2.39. The van der Waals surface area contributed by atoms with Crippen LogP contribution in [0, 0.1) is 5.92 Å². The van der Waals surface area contributed by atoms with Gasteiger partial charge in [0.15, 0.2) is 5.76 Å². The van der Waals surface area contributed by atoms with Gasteiger partial charge in [-0.1, -0.05) is 6.92 Å². The minimum Gasteiger partial charge on any atom is -0.461 e. The Morgan fingerprint density at radius 3 is 2.94 bits per heavy atom. The number of hydrogen-bond acceptors (Lipinski definition) is 4. The second-order valence-electron chi connectivity index (χ2n) is 4.18. The van der Waals surface area contributed by atoms with Crippen LogP contribution in [-0.2, 0) is 9.53 Å². The molecule has 92 valence electrons. The number of furan rings is 1. The molecule has 17 heavy (non-hydrogen) atoms. The van der Waals surface area contributed by atoms with Crippen molar-refractivity contribution in [3.63, 3.8) is 0 Å². The second-order valence-corrected chi connectivity index (χ2v) is 4.18. The number of ether oxygens (including phenoxy) is 1. The molecule has 5 heteroatoms. The molecule has 0 saturated carbocycles. The molecule has 0 aliphatic carbocycles. The zero-order valence-corrected chi connectivity index (χ0v) is 9.64. The smallest absolute Gasteiger partial charge is 0.249 e. The molecule has 0 spiro atoms. The summed E-state index contributed by atoms with van der Waals surface area (Å²) in [6, 6.07) is 3.21. The van der Waals surface area contributed by atoms with Crippen molar-refractivity contribution in [3.8, 4) is 0 Å². The van der Waals surface area contributed by atoms with E-state index in [1.165, 1.54) is 6.26 Å². The maximum Gasteiger partial charge on any atom is 0.249 e. The molecule has 2 atom stereocenters. The Kier molecular flexibility index (Phi) is 3.58. The van der Waals surface area contributed by atoms with Gasteiger partial charge in [0.2, 0.25) is 11.7 Å². The Bertz CT molecular complexity index is 399. The van der Waals surface area contributed by atoms with Crippen molar-refractivity contribution in [2.75, 3.05) is 13.2 Å². The van der Waals surface area contributed by atoms with E-state index in [2.05, 4.69) is 5.32 Å². The van der Waals surface area contributed by atoms with E-state index >= 15 is 0 Å². The molecule has 0 bridgehead atoms. The van der Waals surface area contributed by atoms with Gasteiger partial charge in [-0.25, -0.2) is 0 Å². The molecule has 1 aliphatic heterocycles. The van der Waals surface area contributed by atoms with Gasteiger partial charge in [0.05, 0.1) is 12.8 Å². The van der Waals surface area contributed by atoms with Gasteiger partial charge in [0, 0.05) is 6.61 Å². The van der Waals surface area contributed by atoms with Crippen molar-refractivity contribution >= 4 is 11.7 Å². The molecule has 1 aliphatic rings. The van der Waals surface area contributed by atoms with Crippen molar-refractivity contribution in [2.45, 2.75) is 19.4 Å². The highest BCUT2D eigenvalue weighted by atomic mass is 16.5. The van der Waals surface area contributed by atoms with Gasteiger partial charge in [-0.15, -0.1) is 0 Å². The summed E-state index contributed by atoms with van der Waals surface area (Å²) in [4.78, 5) is 23.3. The topological polar surface area (TPSA) is 68.5 Å². The summed E-state index contributed by atoms with van der Waals surface area (Å²) in [5.74, 6) is -0.0108. The summed E-state index contributed by atoms with van der Waals surface area (Å²) < 4.78 is 10.2. The molecule has 2 rings (SSSR count). The molecule has 1 fully saturated rings. The number of rotatable bonds is 4. The Hall–Kier alpha value is -1.62. The molecule has 5 nitrogen and oxygen atoms in total. The molecule has 0 aromatic carbocycles. The van der Waals surface area contributed by atoms with Crippen LogP contribution < -0.4 is 5.32 Å². The van der Waals surface area contributed by atoms with Gasteiger partial charge < -0.3 is 14.5 Å². The van der Waals surface area contributed by atoms with Crippen molar-refractivity contribution < 1.29 is 18.7 Å². The molecule has 0 unspecified atom stereocenters. The fourth-order valence-corrected chi connectivity index (χ4v) is 1.82. The van der Waals surface area contributed by atoms with Crippen molar-refractivity contribution in [1.29, 1.82) is 0 Å². The molecule has 1 aromatic rings.